The molecule has 0 spiro atoms. The van der Waals surface area contributed by atoms with E-state index in [0.29, 0.717) is 18.9 Å². The Morgan fingerprint density at radius 2 is 1.81 bits per heavy atom. The molecule has 8 nitrogen and oxygen atoms in total. The number of amides is 1. The highest BCUT2D eigenvalue weighted by molar-refractivity contribution is 7.89. The molecule has 2 aromatic carbocycles. The molecule has 1 fully saturated rings. The molecule has 32 heavy (non-hydrogen) atoms. The lowest BCUT2D eigenvalue weighted by molar-refractivity contribution is -0.116. The van der Waals surface area contributed by atoms with Gasteiger partial charge in [0, 0.05) is 31.0 Å². The molecule has 1 heterocycles. The summed E-state index contributed by atoms with van der Waals surface area (Å²) in [6, 6.07) is 12.3. The zero-order valence-electron chi connectivity index (χ0n) is 17.5. The van der Waals surface area contributed by atoms with Crippen LogP contribution in [0.25, 0.3) is 0 Å². The molecule has 0 aromatic heterocycles. The second-order valence-corrected chi connectivity index (χ2v) is 8.86. The van der Waals surface area contributed by atoms with E-state index in [-0.39, 0.29) is 6.54 Å². The molecule has 0 atom stereocenters. The van der Waals surface area contributed by atoms with Crippen LogP contribution in [0.5, 0.6) is 5.75 Å². The van der Waals surface area contributed by atoms with Crippen molar-refractivity contribution in [3.8, 4) is 5.75 Å². The van der Waals surface area contributed by atoms with Crippen LogP contribution in [0.15, 0.2) is 53.4 Å². The minimum Gasteiger partial charge on any atom is -0.433 e. The SMILES string of the molecule is CCN(CC(=O)Nc1ccc(N2CCOCC2)cc1)S(=O)(=O)c1ccccc1OC(F)F. The Hall–Kier alpha value is -2.76. The lowest BCUT2D eigenvalue weighted by Gasteiger charge is -2.29. The summed E-state index contributed by atoms with van der Waals surface area (Å²) in [6.07, 6.45) is 0. The van der Waals surface area contributed by atoms with E-state index in [9.17, 15) is 22.0 Å². The van der Waals surface area contributed by atoms with Crippen LogP contribution in [0.1, 0.15) is 6.92 Å². The van der Waals surface area contributed by atoms with E-state index in [1.54, 1.807) is 19.1 Å². The van der Waals surface area contributed by atoms with E-state index in [4.69, 9.17) is 4.74 Å². The number of hydrogen-bond donors (Lipinski definition) is 1. The van der Waals surface area contributed by atoms with E-state index < -0.39 is 39.7 Å². The molecule has 1 amide bonds. The molecular weight excluding hydrogens is 444 g/mol. The number of carbonyl (C=O) groups excluding carboxylic acids is 1. The smallest absolute Gasteiger partial charge is 0.387 e. The fraction of sp³-hybridized carbons (Fsp3) is 0.381. The van der Waals surface area contributed by atoms with Crippen LogP contribution in [0, 0.1) is 0 Å². The third-order valence-corrected chi connectivity index (χ3v) is 6.84. The number of halogens is 2. The third kappa shape index (κ3) is 5.93. The molecule has 1 aliphatic heterocycles. The minimum absolute atomic E-state index is 0.0330. The first-order valence-electron chi connectivity index (χ1n) is 10.1. The van der Waals surface area contributed by atoms with Crippen LogP contribution in [-0.2, 0) is 19.6 Å². The number of anilines is 2. The normalized spacial score (nSPS) is 14.6. The van der Waals surface area contributed by atoms with Gasteiger partial charge in [-0.05, 0) is 36.4 Å². The molecule has 3 rings (SSSR count). The molecule has 1 N–H and O–H groups in total. The predicted octanol–water partition coefficient (Wildman–Crippen LogP) is 2.77. The van der Waals surface area contributed by atoms with Crippen LogP contribution >= 0.6 is 0 Å². The number of morpholine rings is 1. The van der Waals surface area contributed by atoms with Crippen molar-refractivity contribution >= 4 is 27.3 Å². The first kappa shape index (κ1) is 23.9. The summed E-state index contributed by atoms with van der Waals surface area (Å²) in [5, 5.41) is 2.67. The van der Waals surface area contributed by atoms with Gasteiger partial charge in [-0.2, -0.15) is 13.1 Å². The van der Waals surface area contributed by atoms with Crippen LogP contribution < -0.4 is 15.0 Å². The van der Waals surface area contributed by atoms with E-state index in [1.807, 2.05) is 12.1 Å². The fourth-order valence-electron chi connectivity index (χ4n) is 3.30. The van der Waals surface area contributed by atoms with Crippen molar-refractivity contribution in [1.82, 2.24) is 4.31 Å². The van der Waals surface area contributed by atoms with Gasteiger partial charge in [0.1, 0.15) is 10.6 Å². The number of benzene rings is 2. The Labute approximate surface area is 185 Å². The van der Waals surface area contributed by atoms with Gasteiger partial charge in [0.25, 0.3) is 0 Å². The highest BCUT2D eigenvalue weighted by Gasteiger charge is 2.29. The summed E-state index contributed by atoms with van der Waals surface area (Å²) in [6.45, 7) is 0.749. The largest absolute Gasteiger partial charge is 0.433 e. The molecule has 174 valence electrons. The lowest BCUT2D eigenvalue weighted by atomic mass is 10.2. The van der Waals surface area contributed by atoms with E-state index >= 15 is 0 Å². The summed E-state index contributed by atoms with van der Waals surface area (Å²) in [5.74, 6) is -1.03. The zero-order chi connectivity index (χ0) is 23.1. The van der Waals surface area contributed by atoms with Gasteiger partial charge in [-0.15, -0.1) is 0 Å². The van der Waals surface area contributed by atoms with Gasteiger partial charge in [-0.1, -0.05) is 19.1 Å². The van der Waals surface area contributed by atoms with Crippen molar-refractivity contribution in [2.75, 3.05) is 49.6 Å². The summed E-state index contributed by atoms with van der Waals surface area (Å²) >= 11 is 0. The monoisotopic (exact) mass is 469 g/mol. The van der Waals surface area contributed by atoms with E-state index in [0.717, 1.165) is 35.2 Å². The average Bonchev–Trinajstić information content (AvgIpc) is 2.78. The Morgan fingerprint density at radius 1 is 1.16 bits per heavy atom. The molecule has 1 aliphatic rings. The van der Waals surface area contributed by atoms with Crippen LogP contribution in [0.4, 0.5) is 20.2 Å². The van der Waals surface area contributed by atoms with Crippen LogP contribution in [-0.4, -0.2) is 64.6 Å². The maximum Gasteiger partial charge on any atom is 0.387 e. The van der Waals surface area contributed by atoms with Crippen LogP contribution in [0.3, 0.4) is 0 Å². The first-order chi connectivity index (χ1) is 15.3. The number of hydrogen-bond acceptors (Lipinski definition) is 6. The quantitative estimate of drug-likeness (QED) is 0.608. The average molecular weight is 470 g/mol. The standard InChI is InChI=1S/C21H25F2N3O5S/c1-2-26(32(28,29)19-6-4-3-5-18(19)31-21(22)23)15-20(27)24-16-7-9-17(10-8-16)25-11-13-30-14-12-25/h3-10,21H,2,11-15H2,1H3,(H,24,27). The summed E-state index contributed by atoms with van der Waals surface area (Å²) in [7, 11) is -4.24. The number of alkyl halides is 2. The van der Waals surface area contributed by atoms with Gasteiger partial charge in [-0.25, -0.2) is 8.42 Å². The molecular formula is C21H25F2N3O5S. The van der Waals surface area contributed by atoms with Crippen molar-refractivity contribution in [3.05, 3.63) is 48.5 Å². The first-order valence-corrected chi connectivity index (χ1v) is 11.5. The van der Waals surface area contributed by atoms with Crippen molar-refractivity contribution in [2.45, 2.75) is 18.4 Å². The Kier molecular flexibility index (Phi) is 7.99. The van der Waals surface area contributed by atoms with Gasteiger partial charge >= 0.3 is 6.61 Å². The number of nitrogens with one attached hydrogen (secondary N) is 1. The number of para-hydroxylation sites is 1. The van der Waals surface area contributed by atoms with Gasteiger partial charge in [0.05, 0.1) is 19.8 Å². The maximum atomic E-state index is 13.0. The summed E-state index contributed by atoms with van der Waals surface area (Å²) in [4.78, 5) is 14.3. The second-order valence-electron chi connectivity index (χ2n) is 6.95. The van der Waals surface area contributed by atoms with Crippen molar-refractivity contribution < 1.29 is 31.5 Å². The number of rotatable bonds is 9. The topological polar surface area (TPSA) is 88.2 Å². The highest BCUT2D eigenvalue weighted by atomic mass is 32.2. The number of nitrogens with zero attached hydrogens (tertiary/aromatic N) is 2. The molecule has 11 heteroatoms. The molecule has 0 aliphatic carbocycles. The maximum absolute atomic E-state index is 13.0. The van der Waals surface area contributed by atoms with Gasteiger partial charge < -0.3 is 19.7 Å². The number of ether oxygens (including phenoxy) is 2. The fourth-order valence-corrected chi connectivity index (χ4v) is 4.83. The Bertz CT molecular complexity index is 1010. The molecule has 0 bridgehead atoms. The molecule has 0 saturated carbocycles. The molecule has 0 radical (unpaired) electrons. The minimum atomic E-state index is -4.24. The highest BCUT2D eigenvalue weighted by Crippen LogP contribution is 2.28. The van der Waals surface area contributed by atoms with E-state index in [2.05, 4.69) is 15.0 Å². The Morgan fingerprint density at radius 3 is 2.44 bits per heavy atom. The third-order valence-electron chi connectivity index (χ3n) is 4.88. The number of carbonyl (C=O) groups is 1. The lowest BCUT2D eigenvalue weighted by Crippen LogP contribution is -2.38. The van der Waals surface area contributed by atoms with Gasteiger partial charge in [-0.3, -0.25) is 4.79 Å². The van der Waals surface area contributed by atoms with Gasteiger partial charge in [0.2, 0.25) is 15.9 Å². The number of likely N-dealkylation sites (N-methyl/N-ethyl adjacent to an activating group) is 1. The zero-order valence-corrected chi connectivity index (χ0v) is 18.4. The van der Waals surface area contributed by atoms with Gasteiger partial charge in [0.15, 0.2) is 0 Å². The van der Waals surface area contributed by atoms with Crippen molar-refractivity contribution in [1.29, 1.82) is 0 Å². The summed E-state index contributed by atoms with van der Waals surface area (Å²) < 4.78 is 61.9. The number of sulfonamides is 1. The Balaban J connectivity index is 1.68. The van der Waals surface area contributed by atoms with Crippen molar-refractivity contribution in [3.63, 3.8) is 0 Å². The molecule has 1 saturated heterocycles. The van der Waals surface area contributed by atoms with Crippen molar-refractivity contribution in [2.24, 2.45) is 0 Å². The molecule has 2 aromatic rings. The molecule has 0 unspecified atom stereocenters. The van der Waals surface area contributed by atoms with E-state index in [1.165, 1.54) is 12.1 Å². The predicted molar refractivity (Wildman–Crippen MR) is 116 cm³/mol. The summed E-state index contributed by atoms with van der Waals surface area (Å²) in [5.41, 5.74) is 1.52. The second kappa shape index (κ2) is 10.7. The van der Waals surface area contributed by atoms with Crippen LogP contribution in [0.2, 0.25) is 0 Å².